The van der Waals surface area contributed by atoms with E-state index in [0.29, 0.717) is 18.2 Å². The van der Waals surface area contributed by atoms with Crippen LogP contribution in [0.5, 0.6) is 0 Å². The van der Waals surface area contributed by atoms with Crippen LogP contribution >= 0.6 is 11.3 Å². The summed E-state index contributed by atoms with van der Waals surface area (Å²) in [5.41, 5.74) is 8.99. The van der Waals surface area contributed by atoms with Gasteiger partial charge in [0.2, 0.25) is 0 Å². The van der Waals surface area contributed by atoms with E-state index in [1.807, 2.05) is 11.0 Å². The van der Waals surface area contributed by atoms with Crippen LogP contribution in [0.1, 0.15) is 52.7 Å². The van der Waals surface area contributed by atoms with E-state index in [2.05, 4.69) is 25.1 Å². The van der Waals surface area contributed by atoms with E-state index in [-0.39, 0.29) is 11.9 Å². The van der Waals surface area contributed by atoms with Crippen LogP contribution in [0, 0.1) is 6.92 Å². The third-order valence-electron chi connectivity index (χ3n) is 4.80. The van der Waals surface area contributed by atoms with Crippen molar-refractivity contribution >= 4 is 17.2 Å². The zero-order valence-corrected chi connectivity index (χ0v) is 14.8. The number of nitrogens with two attached hydrogens (primary N) is 1. The van der Waals surface area contributed by atoms with E-state index in [9.17, 15) is 4.79 Å². The molecule has 2 fully saturated rings. The van der Waals surface area contributed by atoms with E-state index in [0.717, 1.165) is 34.8 Å². The maximum absolute atomic E-state index is 13.1. The number of benzene rings is 1. The molecule has 0 radical (unpaired) electrons. The van der Waals surface area contributed by atoms with Crippen LogP contribution in [0.25, 0.3) is 10.4 Å². The van der Waals surface area contributed by atoms with Crippen molar-refractivity contribution in [1.82, 2.24) is 9.88 Å². The Hall–Kier alpha value is -1.72. The molecule has 1 aliphatic carbocycles. The molecule has 1 saturated carbocycles. The Morgan fingerprint density at radius 2 is 2.17 bits per heavy atom. The molecule has 126 valence electrons. The molecule has 1 saturated heterocycles. The second-order valence-electron chi connectivity index (χ2n) is 7.03. The van der Waals surface area contributed by atoms with Gasteiger partial charge in [-0.2, -0.15) is 0 Å². The zero-order chi connectivity index (χ0) is 16.7. The number of nitrogens with zero attached hydrogens (tertiary/aromatic N) is 2. The van der Waals surface area contributed by atoms with Gasteiger partial charge in [-0.05, 0) is 38.2 Å². The minimum absolute atomic E-state index is 0.0461. The second-order valence-corrected chi connectivity index (χ2v) is 8.06. The standard InChI is InChI=1S/C19H23N3OS/c1-12-4-2-5-14(10-12)17-16(21-18(24-17)13-7-8-13)19(23)22-9-3-6-15(20)11-22/h2,4-5,10,13,15H,3,6-9,11,20H2,1H3. The molecule has 1 unspecified atom stereocenters. The van der Waals surface area contributed by atoms with E-state index in [4.69, 9.17) is 10.7 Å². The summed E-state index contributed by atoms with van der Waals surface area (Å²) >= 11 is 1.70. The molecule has 2 heterocycles. The third-order valence-corrected chi connectivity index (χ3v) is 6.07. The van der Waals surface area contributed by atoms with Crippen molar-refractivity contribution in [2.75, 3.05) is 13.1 Å². The first-order chi connectivity index (χ1) is 11.6. The Morgan fingerprint density at radius 1 is 1.33 bits per heavy atom. The monoisotopic (exact) mass is 341 g/mol. The molecule has 0 spiro atoms. The van der Waals surface area contributed by atoms with Gasteiger partial charge < -0.3 is 10.6 Å². The maximum Gasteiger partial charge on any atom is 0.274 e. The Kier molecular flexibility index (Phi) is 4.14. The number of hydrogen-bond acceptors (Lipinski definition) is 4. The lowest BCUT2D eigenvalue weighted by atomic mass is 10.1. The molecule has 4 rings (SSSR count). The first kappa shape index (κ1) is 15.8. The van der Waals surface area contributed by atoms with Gasteiger partial charge in [0.1, 0.15) is 5.69 Å². The lowest BCUT2D eigenvalue weighted by Gasteiger charge is -2.30. The average Bonchev–Trinajstić information content (AvgIpc) is 3.33. The summed E-state index contributed by atoms with van der Waals surface area (Å²) in [5.74, 6) is 0.605. The molecule has 4 nitrogen and oxygen atoms in total. The average molecular weight is 341 g/mol. The predicted octanol–water partition coefficient (Wildman–Crippen LogP) is 3.56. The Balaban J connectivity index is 1.72. The highest BCUT2D eigenvalue weighted by molar-refractivity contribution is 7.15. The first-order valence-corrected chi connectivity index (χ1v) is 9.56. The Bertz CT molecular complexity index is 766. The van der Waals surface area contributed by atoms with E-state index < -0.39 is 0 Å². The molecule has 1 aliphatic heterocycles. The van der Waals surface area contributed by atoms with Gasteiger partial charge in [-0.15, -0.1) is 11.3 Å². The van der Waals surface area contributed by atoms with Crippen molar-refractivity contribution in [2.45, 2.75) is 44.6 Å². The van der Waals surface area contributed by atoms with Crippen molar-refractivity contribution in [3.8, 4) is 10.4 Å². The molecule has 0 bridgehead atoms. The normalized spacial score (nSPS) is 21.1. The molecule has 1 atom stereocenters. The fraction of sp³-hybridized carbons (Fsp3) is 0.474. The van der Waals surface area contributed by atoms with Crippen LogP contribution in [0.15, 0.2) is 24.3 Å². The molecule has 2 N–H and O–H groups in total. The first-order valence-electron chi connectivity index (χ1n) is 8.74. The highest BCUT2D eigenvalue weighted by Gasteiger charge is 2.32. The van der Waals surface area contributed by atoms with Crippen LogP contribution in [0.3, 0.4) is 0 Å². The number of aryl methyl sites for hydroxylation is 1. The summed E-state index contributed by atoms with van der Waals surface area (Å²) in [6.07, 6.45) is 4.37. The fourth-order valence-electron chi connectivity index (χ4n) is 3.31. The lowest BCUT2D eigenvalue weighted by Crippen LogP contribution is -2.45. The maximum atomic E-state index is 13.1. The van der Waals surface area contributed by atoms with Crippen LogP contribution in [0.4, 0.5) is 0 Å². The van der Waals surface area contributed by atoms with Crippen LogP contribution in [0.2, 0.25) is 0 Å². The topological polar surface area (TPSA) is 59.2 Å². The number of carbonyl (C=O) groups is 1. The van der Waals surface area contributed by atoms with Gasteiger partial charge in [0.05, 0.1) is 9.88 Å². The molecule has 1 aromatic carbocycles. The summed E-state index contributed by atoms with van der Waals surface area (Å²) in [6, 6.07) is 8.44. The molecule has 1 amide bonds. The van der Waals surface area contributed by atoms with Crippen LogP contribution in [-0.4, -0.2) is 34.9 Å². The summed E-state index contributed by atoms with van der Waals surface area (Å²) in [6.45, 7) is 3.51. The second kappa shape index (κ2) is 6.30. The molecular formula is C19H23N3OS. The van der Waals surface area contributed by atoms with E-state index in [1.54, 1.807) is 11.3 Å². The number of carbonyl (C=O) groups excluding carboxylic acids is 1. The highest BCUT2D eigenvalue weighted by Crippen LogP contribution is 2.45. The zero-order valence-electron chi connectivity index (χ0n) is 14.0. The van der Waals surface area contributed by atoms with Crippen LogP contribution < -0.4 is 5.73 Å². The quantitative estimate of drug-likeness (QED) is 0.928. The highest BCUT2D eigenvalue weighted by atomic mass is 32.1. The minimum atomic E-state index is 0.0461. The van der Waals surface area contributed by atoms with Gasteiger partial charge in [-0.1, -0.05) is 29.8 Å². The van der Waals surface area contributed by atoms with Crippen molar-refractivity contribution in [3.05, 3.63) is 40.5 Å². The molecular weight excluding hydrogens is 318 g/mol. The Morgan fingerprint density at radius 3 is 2.88 bits per heavy atom. The number of piperidine rings is 1. The smallest absolute Gasteiger partial charge is 0.274 e. The third kappa shape index (κ3) is 3.10. The van der Waals surface area contributed by atoms with Gasteiger partial charge in [0.15, 0.2) is 0 Å². The molecule has 1 aromatic heterocycles. The number of likely N-dealkylation sites (tertiary alicyclic amines) is 1. The number of thiazole rings is 1. The molecule has 2 aliphatic rings. The SMILES string of the molecule is Cc1cccc(-c2sc(C3CC3)nc2C(=O)N2CCCC(N)C2)c1. The molecule has 24 heavy (non-hydrogen) atoms. The summed E-state index contributed by atoms with van der Waals surface area (Å²) in [7, 11) is 0. The summed E-state index contributed by atoms with van der Waals surface area (Å²) in [5, 5.41) is 1.12. The largest absolute Gasteiger partial charge is 0.336 e. The van der Waals surface area contributed by atoms with Gasteiger partial charge in [-0.3, -0.25) is 4.79 Å². The Labute approximate surface area is 146 Å². The van der Waals surface area contributed by atoms with Crippen molar-refractivity contribution in [1.29, 1.82) is 0 Å². The number of amides is 1. The fourth-order valence-corrected chi connectivity index (χ4v) is 4.54. The van der Waals surface area contributed by atoms with Gasteiger partial charge in [0, 0.05) is 25.0 Å². The van der Waals surface area contributed by atoms with Crippen molar-refractivity contribution in [3.63, 3.8) is 0 Å². The molecule has 2 aromatic rings. The van der Waals surface area contributed by atoms with Crippen molar-refractivity contribution in [2.24, 2.45) is 5.73 Å². The minimum Gasteiger partial charge on any atom is -0.336 e. The van der Waals surface area contributed by atoms with E-state index >= 15 is 0 Å². The predicted molar refractivity (Wildman–Crippen MR) is 97.4 cm³/mol. The van der Waals surface area contributed by atoms with Gasteiger partial charge in [-0.25, -0.2) is 4.98 Å². The van der Waals surface area contributed by atoms with Crippen molar-refractivity contribution < 1.29 is 4.79 Å². The molecule has 5 heteroatoms. The number of rotatable bonds is 3. The lowest BCUT2D eigenvalue weighted by molar-refractivity contribution is 0.0704. The van der Waals surface area contributed by atoms with Gasteiger partial charge >= 0.3 is 0 Å². The van der Waals surface area contributed by atoms with E-state index in [1.165, 1.54) is 18.4 Å². The summed E-state index contributed by atoms with van der Waals surface area (Å²) in [4.78, 5) is 20.8. The summed E-state index contributed by atoms with van der Waals surface area (Å²) < 4.78 is 0. The van der Waals surface area contributed by atoms with Crippen LogP contribution in [-0.2, 0) is 0 Å². The van der Waals surface area contributed by atoms with Gasteiger partial charge in [0.25, 0.3) is 5.91 Å². The number of aromatic nitrogens is 1. The number of hydrogen-bond donors (Lipinski definition) is 1.